The molecule has 0 bridgehead atoms. The van der Waals surface area contributed by atoms with Gasteiger partial charge in [-0.05, 0) is 27.2 Å². The fourth-order valence-corrected chi connectivity index (χ4v) is 3.48. The van der Waals surface area contributed by atoms with Crippen LogP contribution in [0.3, 0.4) is 0 Å². The van der Waals surface area contributed by atoms with E-state index in [0.29, 0.717) is 6.42 Å². The van der Waals surface area contributed by atoms with Gasteiger partial charge in [0.1, 0.15) is 6.33 Å². The topological polar surface area (TPSA) is 127 Å². The molecule has 9 heteroatoms. The highest BCUT2D eigenvalue weighted by atomic mass is 16.8. The van der Waals surface area contributed by atoms with Gasteiger partial charge in [0.2, 0.25) is 0 Å². The van der Waals surface area contributed by atoms with Gasteiger partial charge in [-0.25, -0.2) is 14.8 Å². The Morgan fingerprint density at radius 1 is 1.33 bits per heavy atom. The van der Waals surface area contributed by atoms with Gasteiger partial charge in [-0.1, -0.05) is 0 Å². The molecule has 0 saturated heterocycles. The van der Waals surface area contributed by atoms with Crippen molar-refractivity contribution in [3.05, 3.63) is 23.8 Å². The quantitative estimate of drug-likeness (QED) is 0.393. The molecule has 1 fully saturated rings. The normalized spacial score (nSPS) is 25.3. The van der Waals surface area contributed by atoms with Gasteiger partial charge in [0, 0.05) is 23.6 Å². The summed E-state index contributed by atoms with van der Waals surface area (Å²) in [5, 5.41) is 20.9. The predicted molar refractivity (Wildman–Crippen MR) is 95.0 cm³/mol. The number of hydrogen-bond donors (Lipinski definition) is 3. The fourth-order valence-electron chi connectivity index (χ4n) is 3.48. The van der Waals surface area contributed by atoms with E-state index in [9.17, 15) is 15.0 Å². The summed E-state index contributed by atoms with van der Waals surface area (Å²) in [5.74, 6) is -0.564. The molecule has 1 aliphatic carbocycles. The zero-order valence-corrected chi connectivity index (χ0v) is 15.6. The van der Waals surface area contributed by atoms with E-state index in [4.69, 9.17) is 14.2 Å². The lowest BCUT2D eigenvalue weighted by Gasteiger charge is -2.17. The van der Waals surface area contributed by atoms with Crippen LogP contribution in [-0.2, 0) is 14.2 Å². The van der Waals surface area contributed by atoms with E-state index in [1.807, 2.05) is 6.92 Å². The number of carbonyl (C=O) groups excluding carboxylic acids is 1. The molecule has 148 valence electrons. The summed E-state index contributed by atoms with van der Waals surface area (Å²) in [6.45, 7) is 5.20. The first-order chi connectivity index (χ1) is 12.9. The highest BCUT2D eigenvalue weighted by molar-refractivity contribution is 5.81. The van der Waals surface area contributed by atoms with Gasteiger partial charge >= 0.3 is 6.16 Å². The molecule has 0 amide bonds. The third-order valence-electron chi connectivity index (χ3n) is 4.81. The number of aliphatic hydroxyl groups is 2. The first-order valence-electron chi connectivity index (χ1n) is 8.94. The molecule has 0 aromatic carbocycles. The lowest BCUT2D eigenvalue weighted by atomic mass is 9.96. The second-order valence-electron chi connectivity index (χ2n) is 7.06. The van der Waals surface area contributed by atoms with Crippen molar-refractivity contribution >= 4 is 17.2 Å². The van der Waals surface area contributed by atoms with Crippen molar-refractivity contribution in [3.8, 4) is 0 Å². The first kappa shape index (κ1) is 19.5. The molecular weight excluding hydrogens is 354 g/mol. The SMILES string of the molecule is Cc1ncnc2c([C@@H]3C[C@H](COCOC(=O)OC(C)C)[C@@H](O)[C@H]3O)c[nH]c12. The van der Waals surface area contributed by atoms with Crippen molar-refractivity contribution in [2.24, 2.45) is 5.92 Å². The number of H-pyrrole nitrogens is 1. The smallest absolute Gasteiger partial charge is 0.432 e. The maximum absolute atomic E-state index is 11.3. The second kappa shape index (κ2) is 8.20. The number of carbonyl (C=O) groups is 1. The number of nitrogens with zero attached hydrogens (tertiary/aromatic N) is 2. The van der Waals surface area contributed by atoms with Crippen LogP contribution in [0.25, 0.3) is 11.0 Å². The Balaban J connectivity index is 1.59. The third-order valence-corrected chi connectivity index (χ3v) is 4.81. The Bertz CT molecular complexity index is 792. The predicted octanol–water partition coefficient (Wildman–Crippen LogP) is 1.63. The van der Waals surface area contributed by atoms with E-state index < -0.39 is 18.4 Å². The minimum atomic E-state index is -0.939. The average Bonchev–Trinajstić information content (AvgIpc) is 3.15. The van der Waals surface area contributed by atoms with Crippen LogP contribution in [0.5, 0.6) is 0 Å². The van der Waals surface area contributed by atoms with Crippen molar-refractivity contribution in [3.63, 3.8) is 0 Å². The van der Waals surface area contributed by atoms with Crippen LogP contribution in [0.1, 0.15) is 37.4 Å². The molecule has 27 heavy (non-hydrogen) atoms. The van der Waals surface area contributed by atoms with Crippen molar-refractivity contribution in [2.75, 3.05) is 13.4 Å². The molecule has 3 N–H and O–H groups in total. The van der Waals surface area contributed by atoms with E-state index >= 15 is 0 Å². The summed E-state index contributed by atoms with van der Waals surface area (Å²) in [5.41, 5.74) is 3.25. The maximum Gasteiger partial charge on any atom is 0.510 e. The molecule has 0 spiro atoms. The second-order valence-corrected chi connectivity index (χ2v) is 7.06. The molecular formula is C18H25N3O6. The Hall–Kier alpha value is -2.23. The van der Waals surface area contributed by atoms with Crippen molar-refractivity contribution in [1.82, 2.24) is 15.0 Å². The van der Waals surface area contributed by atoms with Crippen LogP contribution < -0.4 is 0 Å². The fraction of sp³-hybridized carbons (Fsp3) is 0.611. The zero-order chi connectivity index (χ0) is 19.6. The van der Waals surface area contributed by atoms with Crippen molar-refractivity contribution in [2.45, 2.75) is 51.4 Å². The van der Waals surface area contributed by atoms with E-state index in [-0.39, 0.29) is 31.3 Å². The summed E-state index contributed by atoms with van der Waals surface area (Å²) in [6, 6.07) is 0. The number of nitrogens with one attached hydrogen (secondary N) is 1. The maximum atomic E-state index is 11.3. The Labute approximate surface area is 156 Å². The highest BCUT2D eigenvalue weighted by Gasteiger charge is 2.43. The monoisotopic (exact) mass is 379 g/mol. The number of aryl methyl sites for hydroxylation is 1. The van der Waals surface area contributed by atoms with Crippen molar-refractivity contribution < 1.29 is 29.2 Å². The van der Waals surface area contributed by atoms with Gasteiger partial charge < -0.3 is 29.4 Å². The molecule has 3 rings (SSSR count). The molecule has 2 aromatic heterocycles. The summed E-state index contributed by atoms with van der Waals surface area (Å²) in [7, 11) is 0. The van der Waals surface area contributed by atoms with Crippen LogP contribution in [0.2, 0.25) is 0 Å². The van der Waals surface area contributed by atoms with Crippen LogP contribution in [0.15, 0.2) is 12.5 Å². The molecule has 1 saturated carbocycles. The third kappa shape index (κ3) is 4.20. The van der Waals surface area contributed by atoms with E-state index in [2.05, 4.69) is 15.0 Å². The lowest BCUT2D eigenvalue weighted by Crippen LogP contribution is -2.29. The molecule has 1 aliphatic rings. The van der Waals surface area contributed by atoms with Gasteiger partial charge in [-0.3, -0.25) is 0 Å². The Morgan fingerprint density at radius 3 is 2.85 bits per heavy atom. The number of ether oxygens (including phenoxy) is 3. The number of hydrogen-bond acceptors (Lipinski definition) is 8. The summed E-state index contributed by atoms with van der Waals surface area (Å²) >= 11 is 0. The Morgan fingerprint density at radius 2 is 2.11 bits per heavy atom. The molecule has 2 heterocycles. The minimum absolute atomic E-state index is 0.153. The number of fused-ring (bicyclic) bond motifs is 1. The van der Waals surface area contributed by atoms with Crippen LogP contribution in [0, 0.1) is 12.8 Å². The van der Waals surface area contributed by atoms with Gasteiger partial charge in [0.25, 0.3) is 0 Å². The first-order valence-corrected chi connectivity index (χ1v) is 8.94. The minimum Gasteiger partial charge on any atom is -0.432 e. The summed E-state index contributed by atoms with van der Waals surface area (Å²) in [6.07, 6.45) is 0.874. The molecule has 9 nitrogen and oxygen atoms in total. The van der Waals surface area contributed by atoms with Gasteiger partial charge in [0.05, 0.1) is 41.6 Å². The zero-order valence-electron chi connectivity index (χ0n) is 15.6. The Kier molecular flexibility index (Phi) is 5.93. The van der Waals surface area contributed by atoms with Crippen LogP contribution in [0.4, 0.5) is 4.79 Å². The highest BCUT2D eigenvalue weighted by Crippen LogP contribution is 2.41. The largest absolute Gasteiger partial charge is 0.510 e. The molecule has 2 aromatic rings. The van der Waals surface area contributed by atoms with Crippen molar-refractivity contribution in [1.29, 1.82) is 0 Å². The molecule has 4 atom stereocenters. The van der Waals surface area contributed by atoms with Gasteiger partial charge in [-0.15, -0.1) is 0 Å². The molecule has 0 radical (unpaired) electrons. The molecule has 0 unspecified atom stereocenters. The summed E-state index contributed by atoms with van der Waals surface area (Å²) < 4.78 is 15.0. The number of aliphatic hydroxyl groups excluding tert-OH is 2. The number of aromatic nitrogens is 3. The number of aromatic amines is 1. The number of rotatable bonds is 6. The van der Waals surface area contributed by atoms with Crippen LogP contribution in [-0.4, -0.2) is 63.0 Å². The van der Waals surface area contributed by atoms with Crippen LogP contribution >= 0.6 is 0 Å². The van der Waals surface area contributed by atoms with E-state index in [1.165, 1.54) is 6.33 Å². The molecule has 0 aliphatic heterocycles. The van der Waals surface area contributed by atoms with E-state index in [0.717, 1.165) is 22.3 Å². The average molecular weight is 379 g/mol. The van der Waals surface area contributed by atoms with Gasteiger partial charge in [-0.2, -0.15) is 0 Å². The standard InChI is InChI=1S/C18H25N3O6/c1-9(2)27-18(24)26-8-25-6-11-4-12(17(23)16(11)22)13-5-19-14-10(3)20-7-21-15(13)14/h5,7,9,11-12,16-17,19,22-23H,4,6,8H2,1-3H3/t11-,12+,16-,17+/m1/s1. The lowest BCUT2D eigenvalue weighted by molar-refractivity contribution is -0.0744. The van der Waals surface area contributed by atoms with Gasteiger partial charge in [0.15, 0.2) is 6.79 Å². The van der Waals surface area contributed by atoms with E-state index in [1.54, 1.807) is 20.0 Å². The summed E-state index contributed by atoms with van der Waals surface area (Å²) in [4.78, 5) is 22.9.